The zero-order valence-corrected chi connectivity index (χ0v) is 8.25. The molecule has 0 spiro atoms. The summed E-state index contributed by atoms with van der Waals surface area (Å²) in [7, 11) is 1.67. The number of nitrogens with zero attached hydrogens (tertiary/aromatic N) is 1. The van der Waals surface area contributed by atoms with E-state index in [0.29, 0.717) is 12.1 Å². The fourth-order valence-electron chi connectivity index (χ4n) is 1.05. The summed E-state index contributed by atoms with van der Waals surface area (Å²) in [5.74, 6) is -0.0869. The van der Waals surface area contributed by atoms with Gasteiger partial charge in [-0.3, -0.25) is 9.89 Å². The van der Waals surface area contributed by atoms with Gasteiger partial charge in [0.05, 0.1) is 11.8 Å². The number of hydrogen-bond donors (Lipinski definition) is 2. The number of carbonyl (C=O) groups excluding carboxylic acids is 1. The summed E-state index contributed by atoms with van der Waals surface area (Å²) >= 11 is 0. The molecule has 14 heavy (non-hydrogen) atoms. The quantitative estimate of drug-likeness (QED) is 0.655. The molecule has 0 aromatic carbocycles. The van der Waals surface area contributed by atoms with E-state index in [1.54, 1.807) is 13.3 Å². The van der Waals surface area contributed by atoms with Crippen molar-refractivity contribution in [1.82, 2.24) is 15.5 Å². The van der Waals surface area contributed by atoms with Gasteiger partial charge in [0.15, 0.2) is 0 Å². The van der Waals surface area contributed by atoms with Gasteiger partial charge in [-0.15, -0.1) is 0 Å². The Balaban J connectivity index is 2.10. The van der Waals surface area contributed by atoms with Gasteiger partial charge in [0.1, 0.15) is 0 Å². The van der Waals surface area contributed by atoms with Crippen molar-refractivity contribution in [3.63, 3.8) is 0 Å². The van der Waals surface area contributed by atoms with Gasteiger partial charge < -0.3 is 10.1 Å². The van der Waals surface area contributed by atoms with Gasteiger partial charge in [-0.05, 0) is 12.8 Å². The minimum atomic E-state index is -0.0869. The number of ether oxygens (including phenoxy) is 1. The van der Waals surface area contributed by atoms with Crippen molar-refractivity contribution in [3.8, 4) is 0 Å². The van der Waals surface area contributed by atoms with E-state index >= 15 is 0 Å². The van der Waals surface area contributed by atoms with Crippen LogP contribution in [0.1, 0.15) is 23.2 Å². The van der Waals surface area contributed by atoms with E-state index in [2.05, 4.69) is 15.5 Å². The molecule has 1 rings (SSSR count). The lowest BCUT2D eigenvalue weighted by atomic mass is 10.3. The molecule has 0 aliphatic heterocycles. The number of aromatic nitrogens is 2. The summed E-state index contributed by atoms with van der Waals surface area (Å²) in [6.07, 6.45) is 4.97. The van der Waals surface area contributed by atoms with Crippen molar-refractivity contribution in [2.75, 3.05) is 20.3 Å². The minimum Gasteiger partial charge on any atom is -0.385 e. The third-order valence-corrected chi connectivity index (χ3v) is 1.82. The summed E-state index contributed by atoms with van der Waals surface area (Å²) in [6.45, 7) is 1.41. The van der Waals surface area contributed by atoms with Crippen molar-refractivity contribution in [3.05, 3.63) is 18.0 Å². The van der Waals surface area contributed by atoms with E-state index in [1.165, 1.54) is 6.20 Å². The molecule has 0 atom stereocenters. The highest BCUT2D eigenvalue weighted by atomic mass is 16.5. The average Bonchev–Trinajstić information content (AvgIpc) is 2.70. The molecule has 5 nitrogen and oxygen atoms in total. The SMILES string of the molecule is COCCCCNC(=O)c1cn[nH]c1. The Morgan fingerprint density at radius 1 is 1.64 bits per heavy atom. The second kappa shape index (κ2) is 6.15. The molecule has 0 aliphatic rings. The molecule has 0 aliphatic carbocycles. The van der Waals surface area contributed by atoms with Gasteiger partial charge in [-0.25, -0.2) is 0 Å². The van der Waals surface area contributed by atoms with Crippen molar-refractivity contribution in [2.24, 2.45) is 0 Å². The van der Waals surface area contributed by atoms with E-state index in [0.717, 1.165) is 19.4 Å². The first kappa shape index (κ1) is 10.7. The maximum atomic E-state index is 11.3. The standard InChI is InChI=1S/C9H15N3O2/c1-14-5-3-2-4-10-9(13)8-6-11-12-7-8/h6-7H,2-5H2,1H3,(H,10,13)(H,11,12). The fourth-order valence-corrected chi connectivity index (χ4v) is 1.05. The Bertz CT molecular complexity index is 259. The first-order valence-electron chi connectivity index (χ1n) is 4.60. The van der Waals surface area contributed by atoms with Crippen LogP contribution in [0.3, 0.4) is 0 Å². The average molecular weight is 197 g/mol. The van der Waals surface area contributed by atoms with Gasteiger partial charge in [-0.1, -0.05) is 0 Å². The highest BCUT2D eigenvalue weighted by Crippen LogP contribution is 1.93. The Morgan fingerprint density at radius 2 is 2.50 bits per heavy atom. The Morgan fingerprint density at radius 3 is 3.14 bits per heavy atom. The highest BCUT2D eigenvalue weighted by Gasteiger charge is 2.04. The van der Waals surface area contributed by atoms with Crippen LogP contribution in [0.15, 0.2) is 12.4 Å². The normalized spacial score (nSPS) is 10.1. The molecule has 5 heteroatoms. The molecule has 0 fully saturated rings. The molecule has 0 radical (unpaired) electrons. The second-order valence-corrected chi connectivity index (χ2v) is 2.94. The lowest BCUT2D eigenvalue weighted by Crippen LogP contribution is -2.24. The smallest absolute Gasteiger partial charge is 0.254 e. The molecular formula is C9H15N3O2. The molecule has 1 heterocycles. The van der Waals surface area contributed by atoms with Gasteiger partial charge >= 0.3 is 0 Å². The Kier molecular flexibility index (Phi) is 4.71. The summed E-state index contributed by atoms with van der Waals surface area (Å²) in [5.41, 5.74) is 0.566. The molecule has 0 bridgehead atoms. The van der Waals surface area contributed by atoms with Crippen molar-refractivity contribution in [1.29, 1.82) is 0 Å². The maximum Gasteiger partial charge on any atom is 0.254 e. The molecule has 78 valence electrons. The van der Waals surface area contributed by atoms with E-state index < -0.39 is 0 Å². The molecule has 0 saturated heterocycles. The summed E-state index contributed by atoms with van der Waals surface area (Å²) in [6, 6.07) is 0. The predicted octanol–water partition coefficient (Wildman–Crippen LogP) is 0.566. The van der Waals surface area contributed by atoms with E-state index in [9.17, 15) is 4.79 Å². The van der Waals surface area contributed by atoms with E-state index in [4.69, 9.17) is 4.74 Å². The van der Waals surface area contributed by atoms with Crippen LogP contribution < -0.4 is 5.32 Å². The van der Waals surface area contributed by atoms with Crippen LogP contribution in [0.4, 0.5) is 0 Å². The number of aromatic amines is 1. The molecule has 0 unspecified atom stereocenters. The zero-order valence-electron chi connectivity index (χ0n) is 8.25. The number of carbonyl (C=O) groups is 1. The lowest BCUT2D eigenvalue weighted by molar-refractivity contribution is 0.0951. The third-order valence-electron chi connectivity index (χ3n) is 1.82. The van der Waals surface area contributed by atoms with Crippen LogP contribution in [0.5, 0.6) is 0 Å². The monoisotopic (exact) mass is 197 g/mol. The third kappa shape index (κ3) is 3.57. The highest BCUT2D eigenvalue weighted by molar-refractivity contribution is 5.93. The number of rotatable bonds is 6. The largest absolute Gasteiger partial charge is 0.385 e. The van der Waals surface area contributed by atoms with E-state index in [1.807, 2.05) is 0 Å². The second-order valence-electron chi connectivity index (χ2n) is 2.94. The zero-order chi connectivity index (χ0) is 10.2. The van der Waals surface area contributed by atoms with Crippen LogP contribution in [-0.2, 0) is 4.74 Å². The van der Waals surface area contributed by atoms with E-state index in [-0.39, 0.29) is 5.91 Å². The first-order valence-corrected chi connectivity index (χ1v) is 4.60. The minimum absolute atomic E-state index is 0.0869. The Hall–Kier alpha value is -1.36. The number of hydrogen-bond acceptors (Lipinski definition) is 3. The first-order chi connectivity index (χ1) is 6.84. The topological polar surface area (TPSA) is 67.0 Å². The molecule has 1 amide bonds. The molecular weight excluding hydrogens is 182 g/mol. The van der Waals surface area contributed by atoms with Crippen molar-refractivity contribution >= 4 is 5.91 Å². The summed E-state index contributed by atoms with van der Waals surface area (Å²) in [4.78, 5) is 11.3. The Labute approximate surface area is 82.8 Å². The van der Waals surface area contributed by atoms with Crippen LogP contribution in [0.2, 0.25) is 0 Å². The summed E-state index contributed by atoms with van der Waals surface area (Å²) in [5, 5.41) is 9.08. The lowest BCUT2D eigenvalue weighted by Gasteiger charge is -2.02. The molecule has 1 aromatic heterocycles. The molecule has 2 N–H and O–H groups in total. The van der Waals surface area contributed by atoms with Gasteiger partial charge in [-0.2, -0.15) is 5.10 Å². The number of nitrogens with one attached hydrogen (secondary N) is 2. The van der Waals surface area contributed by atoms with Crippen LogP contribution in [-0.4, -0.2) is 36.4 Å². The number of unbranched alkanes of at least 4 members (excludes halogenated alkanes) is 1. The predicted molar refractivity (Wildman–Crippen MR) is 52.0 cm³/mol. The maximum absolute atomic E-state index is 11.3. The van der Waals surface area contributed by atoms with Gasteiger partial charge in [0, 0.05) is 26.5 Å². The van der Waals surface area contributed by atoms with Crippen LogP contribution >= 0.6 is 0 Å². The molecule has 1 aromatic rings. The molecule has 0 saturated carbocycles. The van der Waals surface area contributed by atoms with Crippen molar-refractivity contribution < 1.29 is 9.53 Å². The van der Waals surface area contributed by atoms with Crippen LogP contribution in [0.25, 0.3) is 0 Å². The van der Waals surface area contributed by atoms with Gasteiger partial charge in [0.2, 0.25) is 0 Å². The van der Waals surface area contributed by atoms with Crippen molar-refractivity contribution in [2.45, 2.75) is 12.8 Å². The van der Waals surface area contributed by atoms with Crippen LogP contribution in [0, 0.1) is 0 Å². The fraction of sp³-hybridized carbons (Fsp3) is 0.556. The number of methoxy groups -OCH3 is 1. The van der Waals surface area contributed by atoms with Gasteiger partial charge in [0.25, 0.3) is 5.91 Å². The number of H-pyrrole nitrogens is 1. The summed E-state index contributed by atoms with van der Waals surface area (Å²) < 4.78 is 4.89. The number of amides is 1.